The first kappa shape index (κ1) is 27.8. The number of carbonyl (C=O) groups is 3. The van der Waals surface area contributed by atoms with Gasteiger partial charge in [0.2, 0.25) is 0 Å². The highest BCUT2D eigenvalue weighted by atomic mass is 16.8. The number of oxime groups is 1. The molecule has 200 valence electrons. The van der Waals surface area contributed by atoms with E-state index in [-0.39, 0.29) is 12.4 Å². The molecule has 0 saturated carbocycles. The molecule has 1 fully saturated rings. The fourth-order valence-corrected chi connectivity index (χ4v) is 3.72. The highest BCUT2D eigenvalue weighted by molar-refractivity contribution is 5.93. The molecule has 1 saturated heterocycles. The molecule has 0 aliphatic carbocycles. The first-order chi connectivity index (χ1) is 17.5. The van der Waals surface area contributed by atoms with Gasteiger partial charge >= 0.3 is 23.8 Å². The van der Waals surface area contributed by atoms with Gasteiger partial charge in [0.25, 0.3) is 5.96 Å². The van der Waals surface area contributed by atoms with Gasteiger partial charge < -0.3 is 34.1 Å². The summed E-state index contributed by atoms with van der Waals surface area (Å²) in [5.41, 5.74) is -2.25. The number of aliphatic hydroxyl groups is 1. The van der Waals surface area contributed by atoms with Gasteiger partial charge in [0.1, 0.15) is 0 Å². The minimum Gasteiger partial charge on any atom is -0.402 e. The van der Waals surface area contributed by atoms with Crippen molar-refractivity contribution in [2.24, 2.45) is 5.16 Å². The standard InChI is InChI=1S/C23H31N7O7/c1-27(2)9-11-29(12-10-28(3)4)21-26-37-19(32)15-22(34)14-18(31)35-23(30(21)16-24,36-20(22)33)13-17-7-5-6-8-25-17/h5-8,34H,9-15H2,1-4H3/b26-21+. The third-order valence-corrected chi connectivity index (χ3v) is 5.70. The summed E-state index contributed by atoms with van der Waals surface area (Å²) in [6.07, 6.45) is 1.20. The minimum atomic E-state index is -2.57. The van der Waals surface area contributed by atoms with Crippen molar-refractivity contribution in [2.45, 2.75) is 30.8 Å². The molecular formula is C23H31N7O7. The molecule has 2 bridgehead atoms. The van der Waals surface area contributed by atoms with Crippen LogP contribution in [0.25, 0.3) is 0 Å². The Kier molecular flexibility index (Phi) is 8.64. The quantitative estimate of drug-likeness (QED) is 0.252. The van der Waals surface area contributed by atoms with Crippen LogP contribution in [-0.2, 0) is 35.1 Å². The molecule has 3 rings (SSSR count). The molecule has 0 aromatic carbocycles. The minimum absolute atomic E-state index is 0.219. The fourth-order valence-electron chi connectivity index (χ4n) is 3.72. The Balaban J connectivity index is 2.20. The average Bonchev–Trinajstić information content (AvgIpc) is 2.90. The third kappa shape index (κ3) is 6.70. The number of esters is 2. The predicted octanol–water partition coefficient (Wildman–Crippen LogP) is -1.07. The van der Waals surface area contributed by atoms with Crippen molar-refractivity contribution in [3.8, 4) is 6.19 Å². The van der Waals surface area contributed by atoms with Gasteiger partial charge in [-0.15, -0.1) is 0 Å². The molecule has 2 aliphatic heterocycles. The van der Waals surface area contributed by atoms with Crippen molar-refractivity contribution >= 4 is 23.9 Å². The molecule has 1 aromatic rings. The van der Waals surface area contributed by atoms with E-state index in [1.807, 2.05) is 44.2 Å². The molecule has 1 aromatic heterocycles. The second-order valence-electron chi connectivity index (χ2n) is 9.34. The normalized spacial score (nSPS) is 25.5. The Hall–Kier alpha value is -3.80. The van der Waals surface area contributed by atoms with Gasteiger partial charge in [0, 0.05) is 32.4 Å². The summed E-state index contributed by atoms with van der Waals surface area (Å²) in [4.78, 5) is 54.1. The van der Waals surface area contributed by atoms with E-state index < -0.39 is 42.3 Å². The van der Waals surface area contributed by atoms with Crippen LogP contribution in [0.15, 0.2) is 29.6 Å². The van der Waals surface area contributed by atoms with Crippen LogP contribution in [0.2, 0.25) is 0 Å². The lowest BCUT2D eigenvalue weighted by Gasteiger charge is -2.40. The van der Waals surface area contributed by atoms with E-state index in [1.54, 1.807) is 23.1 Å². The molecule has 14 nitrogen and oxygen atoms in total. The predicted molar refractivity (Wildman–Crippen MR) is 127 cm³/mol. The van der Waals surface area contributed by atoms with Crippen LogP contribution in [0.1, 0.15) is 18.5 Å². The topological polar surface area (TPSA) is 161 Å². The van der Waals surface area contributed by atoms with E-state index in [0.29, 0.717) is 31.9 Å². The SMILES string of the molecule is CN(C)CCN(CCN(C)C)/C1=N\OC(=O)CC2(O)CC(=O)OC(Cc3ccccn3)(OC2=O)N1C#N. The Morgan fingerprint density at radius 3 is 2.24 bits per heavy atom. The van der Waals surface area contributed by atoms with Gasteiger partial charge in [-0.1, -0.05) is 6.07 Å². The largest absolute Gasteiger partial charge is 0.402 e. The van der Waals surface area contributed by atoms with E-state index in [1.165, 1.54) is 6.20 Å². The van der Waals surface area contributed by atoms with E-state index in [2.05, 4.69) is 10.1 Å². The number of guanidine groups is 1. The second kappa shape index (κ2) is 11.5. The Bertz CT molecular complexity index is 1060. The van der Waals surface area contributed by atoms with Crippen LogP contribution >= 0.6 is 0 Å². The summed E-state index contributed by atoms with van der Waals surface area (Å²) in [6.45, 7) is 1.68. The maximum atomic E-state index is 13.2. The number of aromatic nitrogens is 1. The lowest BCUT2D eigenvalue weighted by Crippen LogP contribution is -2.61. The van der Waals surface area contributed by atoms with Gasteiger partial charge in [-0.05, 0) is 45.5 Å². The number of likely N-dealkylation sites (N-methyl/N-ethyl adjacent to an activating group) is 2. The van der Waals surface area contributed by atoms with Crippen LogP contribution in [0.3, 0.4) is 0 Å². The third-order valence-electron chi connectivity index (χ3n) is 5.70. The molecule has 0 spiro atoms. The van der Waals surface area contributed by atoms with Crippen molar-refractivity contribution in [1.82, 2.24) is 24.6 Å². The molecule has 2 atom stereocenters. The summed E-state index contributed by atoms with van der Waals surface area (Å²) in [7, 11) is 7.44. The Morgan fingerprint density at radius 1 is 1.03 bits per heavy atom. The van der Waals surface area contributed by atoms with Crippen LogP contribution in [0, 0.1) is 11.5 Å². The van der Waals surface area contributed by atoms with Crippen LogP contribution in [-0.4, -0.2) is 119 Å². The second-order valence-corrected chi connectivity index (χ2v) is 9.34. The summed E-state index contributed by atoms with van der Waals surface area (Å²) < 4.78 is 11.2. The monoisotopic (exact) mass is 517 g/mol. The summed E-state index contributed by atoms with van der Waals surface area (Å²) in [6, 6.07) is 4.93. The average molecular weight is 518 g/mol. The van der Waals surface area contributed by atoms with E-state index in [4.69, 9.17) is 14.3 Å². The maximum Gasteiger partial charge on any atom is 0.363 e. The lowest BCUT2D eigenvalue weighted by molar-refractivity contribution is -0.262. The van der Waals surface area contributed by atoms with Gasteiger partial charge in [0.05, 0.1) is 25.0 Å². The van der Waals surface area contributed by atoms with Crippen molar-refractivity contribution in [3.05, 3.63) is 30.1 Å². The van der Waals surface area contributed by atoms with Crippen molar-refractivity contribution in [1.29, 1.82) is 5.26 Å². The van der Waals surface area contributed by atoms with Gasteiger partial charge in [-0.2, -0.15) is 10.2 Å². The first-order valence-electron chi connectivity index (χ1n) is 11.6. The van der Waals surface area contributed by atoms with Gasteiger partial charge in [-0.25, -0.2) is 9.59 Å². The molecule has 0 radical (unpaired) electrons. The van der Waals surface area contributed by atoms with Crippen LogP contribution in [0.5, 0.6) is 0 Å². The van der Waals surface area contributed by atoms with Gasteiger partial charge in [-0.3, -0.25) is 9.78 Å². The number of ether oxygens (including phenoxy) is 2. The first-order valence-corrected chi connectivity index (χ1v) is 11.6. The van der Waals surface area contributed by atoms with Crippen molar-refractivity contribution in [3.63, 3.8) is 0 Å². The number of hydrogen-bond acceptors (Lipinski definition) is 14. The fraction of sp³-hybridized carbons (Fsp3) is 0.565. The molecular weight excluding hydrogens is 486 g/mol. The number of nitriles is 1. The zero-order valence-electron chi connectivity index (χ0n) is 21.3. The molecule has 2 aliphatic rings. The number of nitrogens with zero attached hydrogens (tertiary/aromatic N) is 7. The molecule has 37 heavy (non-hydrogen) atoms. The zero-order valence-corrected chi connectivity index (χ0v) is 21.3. The van der Waals surface area contributed by atoms with E-state index >= 15 is 0 Å². The van der Waals surface area contributed by atoms with E-state index in [0.717, 1.165) is 4.90 Å². The Labute approximate surface area is 214 Å². The molecule has 0 amide bonds. The zero-order chi connectivity index (χ0) is 27.2. The number of rotatable bonds is 8. The van der Waals surface area contributed by atoms with E-state index in [9.17, 15) is 24.8 Å². The summed E-state index contributed by atoms with van der Waals surface area (Å²) >= 11 is 0. The lowest BCUT2D eigenvalue weighted by atomic mass is 9.96. The number of hydrogen-bond donors (Lipinski definition) is 1. The van der Waals surface area contributed by atoms with Crippen molar-refractivity contribution < 1.29 is 33.8 Å². The summed E-state index contributed by atoms with van der Waals surface area (Å²) in [5, 5.41) is 25.2. The molecule has 1 N–H and O–H groups in total. The highest BCUT2D eigenvalue weighted by Crippen LogP contribution is 2.34. The summed E-state index contributed by atoms with van der Waals surface area (Å²) in [5.74, 6) is -6.10. The number of fused-ring (bicyclic) bond motifs is 3. The molecule has 3 heterocycles. The maximum absolute atomic E-state index is 13.2. The van der Waals surface area contributed by atoms with Crippen LogP contribution < -0.4 is 0 Å². The van der Waals surface area contributed by atoms with Gasteiger partial charge in [0.15, 0.2) is 11.8 Å². The Morgan fingerprint density at radius 2 is 1.68 bits per heavy atom. The van der Waals surface area contributed by atoms with Crippen LogP contribution in [0.4, 0.5) is 0 Å². The number of pyridine rings is 1. The highest BCUT2D eigenvalue weighted by Gasteiger charge is 2.58. The van der Waals surface area contributed by atoms with Crippen molar-refractivity contribution in [2.75, 3.05) is 54.4 Å². The molecule has 14 heteroatoms. The smallest absolute Gasteiger partial charge is 0.363 e. The molecule has 2 unspecified atom stereocenters. The number of carbonyl (C=O) groups excluding carboxylic acids is 3.